The first kappa shape index (κ1) is 17.8. The summed E-state index contributed by atoms with van der Waals surface area (Å²) < 4.78 is 10.8. The first-order chi connectivity index (χ1) is 12.5. The maximum Gasteiger partial charge on any atom is 0.162 e. The van der Waals surface area contributed by atoms with Crippen molar-refractivity contribution in [3.05, 3.63) is 65.2 Å². The zero-order chi connectivity index (χ0) is 18.7. The van der Waals surface area contributed by atoms with E-state index in [2.05, 4.69) is 37.4 Å². The van der Waals surface area contributed by atoms with E-state index >= 15 is 0 Å². The molecule has 0 aliphatic rings. The Labute approximate surface area is 154 Å². The van der Waals surface area contributed by atoms with Crippen molar-refractivity contribution in [3.8, 4) is 22.8 Å². The van der Waals surface area contributed by atoms with Gasteiger partial charge in [0.15, 0.2) is 11.5 Å². The highest BCUT2D eigenvalue weighted by molar-refractivity contribution is 5.68. The highest BCUT2D eigenvalue weighted by atomic mass is 16.5. The molecule has 2 aromatic carbocycles. The van der Waals surface area contributed by atoms with Gasteiger partial charge in [0.2, 0.25) is 0 Å². The third-order valence-electron chi connectivity index (χ3n) is 4.55. The Balaban J connectivity index is 1.93. The monoisotopic (exact) mass is 348 g/mol. The van der Waals surface area contributed by atoms with Crippen molar-refractivity contribution < 1.29 is 9.47 Å². The maximum atomic E-state index is 5.40. The van der Waals surface area contributed by atoms with Crippen molar-refractivity contribution in [1.82, 2.24) is 4.98 Å². The van der Waals surface area contributed by atoms with Crippen molar-refractivity contribution in [2.24, 2.45) is 0 Å². The van der Waals surface area contributed by atoms with E-state index in [0.717, 1.165) is 28.3 Å². The number of pyridine rings is 1. The third kappa shape index (κ3) is 3.64. The van der Waals surface area contributed by atoms with Crippen LogP contribution in [-0.4, -0.2) is 19.2 Å². The van der Waals surface area contributed by atoms with Gasteiger partial charge in [-0.1, -0.05) is 18.2 Å². The lowest BCUT2D eigenvalue weighted by molar-refractivity contribution is 0.355. The first-order valence-corrected chi connectivity index (χ1v) is 8.56. The van der Waals surface area contributed by atoms with Gasteiger partial charge in [-0.25, -0.2) is 4.98 Å². The quantitative estimate of drug-likeness (QED) is 0.667. The fourth-order valence-electron chi connectivity index (χ4n) is 2.82. The molecule has 0 aliphatic carbocycles. The lowest BCUT2D eigenvalue weighted by atomic mass is 10.0. The molecule has 3 aromatic rings. The smallest absolute Gasteiger partial charge is 0.162 e. The molecule has 0 saturated heterocycles. The molecule has 0 fully saturated rings. The minimum absolute atomic E-state index is 0.686. The van der Waals surface area contributed by atoms with Gasteiger partial charge in [0.25, 0.3) is 0 Å². The minimum Gasteiger partial charge on any atom is -0.493 e. The number of hydrogen-bond donors (Lipinski definition) is 1. The van der Waals surface area contributed by atoms with Gasteiger partial charge in [-0.05, 0) is 61.7 Å². The van der Waals surface area contributed by atoms with Crippen molar-refractivity contribution in [2.45, 2.75) is 20.8 Å². The number of nitrogens with zero attached hydrogens (tertiary/aromatic N) is 1. The van der Waals surface area contributed by atoms with Gasteiger partial charge in [-0.3, -0.25) is 0 Å². The average molecular weight is 348 g/mol. The Bertz CT molecular complexity index is 935. The van der Waals surface area contributed by atoms with Crippen LogP contribution < -0.4 is 14.8 Å². The molecule has 0 saturated carbocycles. The maximum absolute atomic E-state index is 5.40. The molecule has 4 heteroatoms. The van der Waals surface area contributed by atoms with Crippen LogP contribution in [0.5, 0.6) is 11.5 Å². The van der Waals surface area contributed by atoms with Gasteiger partial charge in [0.1, 0.15) is 5.82 Å². The van der Waals surface area contributed by atoms with E-state index in [4.69, 9.17) is 14.5 Å². The van der Waals surface area contributed by atoms with Crippen LogP contribution >= 0.6 is 0 Å². The molecule has 0 radical (unpaired) electrons. The number of anilines is 2. The van der Waals surface area contributed by atoms with Crippen LogP contribution in [0.25, 0.3) is 11.3 Å². The zero-order valence-corrected chi connectivity index (χ0v) is 15.9. The Morgan fingerprint density at radius 1 is 0.769 bits per heavy atom. The molecule has 3 rings (SSSR count). The molecule has 0 spiro atoms. The predicted octanol–water partition coefficient (Wildman–Crippen LogP) is 5.43. The highest BCUT2D eigenvalue weighted by Crippen LogP contribution is 2.34. The molecular weight excluding hydrogens is 324 g/mol. The summed E-state index contributed by atoms with van der Waals surface area (Å²) in [5.41, 5.74) is 6.59. The second-order valence-electron chi connectivity index (χ2n) is 6.35. The van der Waals surface area contributed by atoms with Crippen LogP contribution in [0.4, 0.5) is 11.5 Å². The van der Waals surface area contributed by atoms with E-state index in [0.29, 0.717) is 11.5 Å². The SMILES string of the molecule is COc1cc(C)c(Nc2cccc(-c3ccc(C)c(C)c3)n2)cc1OC. The topological polar surface area (TPSA) is 43.4 Å². The molecule has 26 heavy (non-hydrogen) atoms. The molecule has 134 valence electrons. The van der Waals surface area contributed by atoms with Crippen LogP contribution in [-0.2, 0) is 0 Å². The summed E-state index contributed by atoms with van der Waals surface area (Å²) >= 11 is 0. The highest BCUT2D eigenvalue weighted by Gasteiger charge is 2.10. The van der Waals surface area contributed by atoms with Gasteiger partial charge in [0, 0.05) is 17.3 Å². The predicted molar refractivity (Wildman–Crippen MR) is 107 cm³/mol. The van der Waals surface area contributed by atoms with E-state index in [-0.39, 0.29) is 0 Å². The van der Waals surface area contributed by atoms with E-state index in [1.165, 1.54) is 11.1 Å². The lowest BCUT2D eigenvalue weighted by Crippen LogP contribution is -1.99. The largest absolute Gasteiger partial charge is 0.493 e. The molecule has 1 N–H and O–H groups in total. The third-order valence-corrected chi connectivity index (χ3v) is 4.55. The number of ether oxygens (including phenoxy) is 2. The molecule has 0 aliphatic heterocycles. The number of rotatable bonds is 5. The fourth-order valence-corrected chi connectivity index (χ4v) is 2.82. The Hall–Kier alpha value is -3.01. The lowest BCUT2D eigenvalue weighted by Gasteiger charge is -2.14. The van der Waals surface area contributed by atoms with Crippen molar-refractivity contribution in [2.75, 3.05) is 19.5 Å². The zero-order valence-electron chi connectivity index (χ0n) is 15.9. The molecule has 0 atom stereocenters. The standard InChI is InChI=1S/C22H24N2O2/c1-14-9-10-17(11-15(14)2)18-7-6-8-22(23-18)24-19-13-21(26-5)20(25-4)12-16(19)3/h6-13H,1-5H3,(H,23,24). The van der Waals surface area contributed by atoms with E-state index in [9.17, 15) is 0 Å². The number of nitrogens with one attached hydrogen (secondary N) is 1. The van der Waals surface area contributed by atoms with E-state index < -0.39 is 0 Å². The molecule has 0 amide bonds. The van der Waals surface area contributed by atoms with Crippen LogP contribution in [0.15, 0.2) is 48.5 Å². The van der Waals surface area contributed by atoms with Crippen molar-refractivity contribution in [1.29, 1.82) is 0 Å². The molecule has 0 bridgehead atoms. The van der Waals surface area contributed by atoms with Gasteiger partial charge >= 0.3 is 0 Å². The first-order valence-electron chi connectivity index (χ1n) is 8.56. The summed E-state index contributed by atoms with van der Waals surface area (Å²) in [6.45, 7) is 6.26. The summed E-state index contributed by atoms with van der Waals surface area (Å²) in [5, 5.41) is 3.39. The van der Waals surface area contributed by atoms with Gasteiger partial charge in [-0.2, -0.15) is 0 Å². The number of methoxy groups -OCH3 is 2. The molecule has 4 nitrogen and oxygen atoms in total. The van der Waals surface area contributed by atoms with Crippen molar-refractivity contribution >= 4 is 11.5 Å². The second-order valence-corrected chi connectivity index (χ2v) is 6.35. The number of aryl methyl sites for hydroxylation is 3. The van der Waals surface area contributed by atoms with Gasteiger partial charge in [-0.15, -0.1) is 0 Å². The summed E-state index contributed by atoms with van der Waals surface area (Å²) in [6, 6.07) is 16.3. The van der Waals surface area contributed by atoms with Crippen LogP contribution in [0.3, 0.4) is 0 Å². The number of aromatic nitrogens is 1. The van der Waals surface area contributed by atoms with Gasteiger partial charge < -0.3 is 14.8 Å². The molecular formula is C22H24N2O2. The average Bonchev–Trinajstić information content (AvgIpc) is 2.65. The van der Waals surface area contributed by atoms with E-state index in [1.807, 2.05) is 37.3 Å². The summed E-state index contributed by atoms with van der Waals surface area (Å²) in [5.74, 6) is 2.19. The minimum atomic E-state index is 0.686. The molecule has 0 unspecified atom stereocenters. The van der Waals surface area contributed by atoms with Crippen LogP contribution in [0.2, 0.25) is 0 Å². The molecule has 1 aromatic heterocycles. The summed E-state index contributed by atoms with van der Waals surface area (Å²) in [4.78, 5) is 4.77. The van der Waals surface area contributed by atoms with Crippen molar-refractivity contribution in [3.63, 3.8) is 0 Å². The fraction of sp³-hybridized carbons (Fsp3) is 0.227. The summed E-state index contributed by atoms with van der Waals surface area (Å²) in [7, 11) is 3.27. The summed E-state index contributed by atoms with van der Waals surface area (Å²) in [6.07, 6.45) is 0. The van der Waals surface area contributed by atoms with E-state index in [1.54, 1.807) is 14.2 Å². The number of benzene rings is 2. The Morgan fingerprint density at radius 2 is 1.50 bits per heavy atom. The molecule has 1 heterocycles. The van der Waals surface area contributed by atoms with Gasteiger partial charge in [0.05, 0.1) is 19.9 Å². The second kappa shape index (κ2) is 7.48. The van der Waals surface area contributed by atoms with Crippen LogP contribution in [0, 0.1) is 20.8 Å². The Morgan fingerprint density at radius 3 is 2.19 bits per heavy atom. The Kier molecular flexibility index (Phi) is 5.12. The van der Waals surface area contributed by atoms with Crippen LogP contribution in [0.1, 0.15) is 16.7 Å². The number of hydrogen-bond acceptors (Lipinski definition) is 4. The normalized spacial score (nSPS) is 10.5.